The Kier molecular flexibility index (Phi) is 7.16. The summed E-state index contributed by atoms with van der Waals surface area (Å²) < 4.78 is 5.36. The van der Waals surface area contributed by atoms with Gasteiger partial charge in [-0.25, -0.2) is 0 Å². The van der Waals surface area contributed by atoms with Crippen LogP contribution in [-0.4, -0.2) is 31.0 Å². The van der Waals surface area contributed by atoms with E-state index in [4.69, 9.17) is 21.2 Å². The zero-order valence-electron chi connectivity index (χ0n) is 9.86. The standard InChI is InChI=1S/C12H18ClNO3/c1-2-17-14-7-12(15)9-16-8-10-3-5-11(13)6-4-10/h3-6,12,14-15H,2,7-9H2,1H3. The number of aliphatic hydroxyl groups is 1. The van der Waals surface area contributed by atoms with Crippen molar-refractivity contribution < 1.29 is 14.7 Å². The molecule has 4 nitrogen and oxygen atoms in total. The molecule has 0 amide bonds. The van der Waals surface area contributed by atoms with Gasteiger partial charge in [0.1, 0.15) is 0 Å². The van der Waals surface area contributed by atoms with Crippen molar-refractivity contribution >= 4 is 11.6 Å². The summed E-state index contributed by atoms with van der Waals surface area (Å²) in [6.45, 7) is 3.52. The van der Waals surface area contributed by atoms with Gasteiger partial charge in [-0.05, 0) is 24.6 Å². The van der Waals surface area contributed by atoms with Crippen molar-refractivity contribution in [3.05, 3.63) is 34.9 Å². The Labute approximate surface area is 106 Å². The molecule has 0 aromatic heterocycles. The summed E-state index contributed by atoms with van der Waals surface area (Å²) >= 11 is 5.76. The number of aliphatic hydroxyl groups excluding tert-OH is 1. The lowest BCUT2D eigenvalue weighted by molar-refractivity contribution is -0.0147. The summed E-state index contributed by atoms with van der Waals surface area (Å²) in [6.07, 6.45) is -0.575. The van der Waals surface area contributed by atoms with Crippen LogP contribution in [-0.2, 0) is 16.2 Å². The normalized spacial score (nSPS) is 12.6. The van der Waals surface area contributed by atoms with E-state index in [0.717, 1.165) is 5.56 Å². The molecule has 0 radical (unpaired) electrons. The number of hydrogen-bond donors (Lipinski definition) is 2. The fourth-order valence-electron chi connectivity index (χ4n) is 1.21. The zero-order chi connectivity index (χ0) is 12.5. The number of nitrogens with one attached hydrogen (secondary N) is 1. The summed E-state index contributed by atoms with van der Waals surface area (Å²) in [5.74, 6) is 0. The molecule has 0 bridgehead atoms. The molecule has 0 heterocycles. The molecule has 0 fully saturated rings. The number of rotatable bonds is 8. The van der Waals surface area contributed by atoms with Crippen LogP contribution in [0.3, 0.4) is 0 Å². The molecule has 96 valence electrons. The third kappa shape index (κ3) is 6.61. The second kappa shape index (κ2) is 8.44. The minimum Gasteiger partial charge on any atom is -0.389 e. The number of hydroxylamine groups is 1. The van der Waals surface area contributed by atoms with Crippen LogP contribution >= 0.6 is 11.6 Å². The molecule has 0 saturated carbocycles. The van der Waals surface area contributed by atoms with E-state index in [9.17, 15) is 5.11 Å². The van der Waals surface area contributed by atoms with Crippen LogP contribution in [0.5, 0.6) is 0 Å². The average Bonchev–Trinajstić information content (AvgIpc) is 2.32. The maximum Gasteiger partial charge on any atom is 0.0921 e. The van der Waals surface area contributed by atoms with Crippen LogP contribution in [0.1, 0.15) is 12.5 Å². The molecular weight excluding hydrogens is 242 g/mol. The van der Waals surface area contributed by atoms with Gasteiger partial charge in [-0.3, -0.25) is 0 Å². The van der Waals surface area contributed by atoms with Gasteiger partial charge in [0.05, 0.1) is 25.9 Å². The first-order chi connectivity index (χ1) is 8.22. The molecule has 1 unspecified atom stereocenters. The fraction of sp³-hybridized carbons (Fsp3) is 0.500. The molecule has 0 spiro atoms. The highest BCUT2D eigenvalue weighted by atomic mass is 35.5. The minimum absolute atomic E-state index is 0.267. The largest absolute Gasteiger partial charge is 0.389 e. The van der Waals surface area contributed by atoms with Crippen LogP contribution in [0.2, 0.25) is 5.02 Å². The molecule has 1 aromatic rings. The molecule has 0 aliphatic rings. The smallest absolute Gasteiger partial charge is 0.0921 e. The lowest BCUT2D eigenvalue weighted by Gasteiger charge is -2.11. The van der Waals surface area contributed by atoms with E-state index in [2.05, 4.69) is 5.48 Å². The topological polar surface area (TPSA) is 50.7 Å². The third-order valence-corrected chi connectivity index (χ3v) is 2.31. The second-order valence-corrected chi connectivity index (χ2v) is 4.01. The number of halogens is 1. The number of benzene rings is 1. The van der Waals surface area contributed by atoms with Crippen molar-refractivity contribution in [1.29, 1.82) is 0 Å². The van der Waals surface area contributed by atoms with E-state index in [1.54, 1.807) is 0 Å². The van der Waals surface area contributed by atoms with Gasteiger partial charge in [0, 0.05) is 11.6 Å². The summed E-state index contributed by atoms with van der Waals surface area (Å²) in [7, 11) is 0. The summed E-state index contributed by atoms with van der Waals surface area (Å²) in [5.41, 5.74) is 3.67. The van der Waals surface area contributed by atoms with Crippen LogP contribution in [0, 0.1) is 0 Å². The minimum atomic E-state index is -0.575. The van der Waals surface area contributed by atoms with Gasteiger partial charge in [-0.2, -0.15) is 5.48 Å². The SMILES string of the molecule is CCONCC(O)COCc1ccc(Cl)cc1. The van der Waals surface area contributed by atoms with Crippen molar-refractivity contribution in [3.8, 4) is 0 Å². The van der Waals surface area contributed by atoms with Crippen molar-refractivity contribution in [1.82, 2.24) is 5.48 Å². The molecule has 1 atom stereocenters. The Morgan fingerprint density at radius 2 is 2.06 bits per heavy atom. The first-order valence-electron chi connectivity index (χ1n) is 5.57. The molecule has 0 saturated heterocycles. The van der Waals surface area contributed by atoms with E-state index in [-0.39, 0.29) is 6.61 Å². The Bertz CT molecular complexity index is 305. The fourth-order valence-corrected chi connectivity index (χ4v) is 1.34. The van der Waals surface area contributed by atoms with Crippen molar-refractivity contribution in [2.75, 3.05) is 19.8 Å². The van der Waals surface area contributed by atoms with E-state index in [1.807, 2.05) is 31.2 Å². The number of hydrogen-bond acceptors (Lipinski definition) is 4. The van der Waals surface area contributed by atoms with Gasteiger partial charge in [-0.1, -0.05) is 23.7 Å². The maximum absolute atomic E-state index is 9.51. The Balaban J connectivity index is 2.12. The van der Waals surface area contributed by atoms with Gasteiger partial charge < -0.3 is 14.7 Å². The predicted octanol–water partition coefficient (Wildman–Crippen LogP) is 1.76. The first kappa shape index (κ1) is 14.4. The maximum atomic E-state index is 9.51. The summed E-state index contributed by atoms with van der Waals surface area (Å²) in [5, 5.41) is 10.2. The summed E-state index contributed by atoms with van der Waals surface area (Å²) in [6, 6.07) is 7.42. The lowest BCUT2D eigenvalue weighted by Crippen LogP contribution is -2.30. The molecule has 2 N–H and O–H groups in total. The van der Waals surface area contributed by atoms with E-state index in [1.165, 1.54) is 0 Å². The quantitative estimate of drug-likeness (QED) is 0.552. The summed E-state index contributed by atoms with van der Waals surface area (Å²) in [4.78, 5) is 4.90. The highest BCUT2D eigenvalue weighted by molar-refractivity contribution is 6.30. The second-order valence-electron chi connectivity index (χ2n) is 3.58. The van der Waals surface area contributed by atoms with Crippen LogP contribution in [0.4, 0.5) is 0 Å². The number of ether oxygens (including phenoxy) is 1. The van der Waals surface area contributed by atoms with Crippen molar-refractivity contribution in [2.24, 2.45) is 0 Å². The van der Waals surface area contributed by atoms with Gasteiger partial charge in [-0.15, -0.1) is 0 Å². The van der Waals surface area contributed by atoms with Crippen molar-refractivity contribution in [3.63, 3.8) is 0 Å². The molecule has 17 heavy (non-hydrogen) atoms. The molecule has 5 heteroatoms. The molecule has 0 aliphatic carbocycles. The molecule has 1 aromatic carbocycles. The highest BCUT2D eigenvalue weighted by Crippen LogP contribution is 2.10. The van der Waals surface area contributed by atoms with Crippen molar-refractivity contribution in [2.45, 2.75) is 19.6 Å². The van der Waals surface area contributed by atoms with E-state index < -0.39 is 6.10 Å². The molecule has 1 rings (SSSR count). The zero-order valence-corrected chi connectivity index (χ0v) is 10.6. The van der Waals surface area contributed by atoms with Gasteiger partial charge in [0.15, 0.2) is 0 Å². The van der Waals surface area contributed by atoms with Gasteiger partial charge in [0.25, 0.3) is 0 Å². The molecule has 0 aliphatic heterocycles. The van der Waals surface area contributed by atoms with Crippen LogP contribution in [0.15, 0.2) is 24.3 Å². The Hall–Kier alpha value is -0.650. The van der Waals surface area contributed by atoms with E-state index >= 15 is 0 Å². The predicted molar refractivity (Wildman–Crippen MR) is 66.7 cm³/mol. The van der Waals surface area contributed by atoms with Crippen LogP contribution < -0.4 is 5.48 Å². The third-order valence-electron chi connectivity index (χ3n) is 2.06. The monoisotopic (exact) mass is 259 g/mol. The Morgan fingerprint density at radius 3 is 2.71 bits per heavy atom. The van der Waals surface area contributed by atoms with Gasteiger partial charge in [0.2, 0.25) is 0 Å². The van der Waals surface area contributed by atoms with Crippen LogP contribution in [0.25, 0.3) is 0 Å². The first-order valence-corrected chi connectivity index (χ1v) is 5.95. The Morgan fingerprint density at radius 1 is 1.35 bits per heavy atom. The average molecular weight is 260 g/mol. The van der Waals surface area contributed by atoms with Gasteiger partial charge >= 0.3 is 0 Å². The molecular formula is C12H18ClNO3. The van der Waals surface area contributed by atoms with E-state index in [0.29, 0.717) is 24.8 Å². The lowest BCUT2D eigenvalue weighted by atomic mass is 10.2. The highest BCUT2D eigenvalue weighted by Gasteiger charge is 2.03.